The Morgan fingerprint density at radius 2 is 1.70 bits per heavy atom. The summed E-state index contributed by atoms with van der Waals surface area (Å²) in [5.74, 6) is -0.0231. The molecule has 0 aromatic rings. The molecular formula is C7H12O2Pd. The van der Waals surface area contributed by atoms with Crippen molar-refractivity contribution in [1.82, 2.24) is 0 Å². The summed E-state index contributed by atoms with van der Waals surface area (Å²) in [6.45, 7) is 5.02. The smallest absolute Gasteiger partial charge is 0.142 e. The molecule has 0 saturated carbocycles. The summed E-state index contributed by atoms with van der Waals surface area (Å²) in [6.07, 6.45) is 0.0949. The number of carbonyl (C=O) groups is 2. The van der Waals surface area contributed by atoms with Crippen LogP contribution >= 0.6 is 0 Å². The molecule has 0 atom stereocenters. The van der Waals surface area contributed by atoms with Crippen LogP contribution in [0.2, 0.25) is 0 Å². The van der Waals surface area contributed by atoms with E-state index in [0.29, 0.717) is 0 Å². The fraction of sp³-hybridized carbons (Fsp3) is 0.714. The van der Waals surface area contributed by atoms with Crippen molar-refractivity contribution in [3.05, 3.63) is 0 Å². The van der Waals surface area contributed by atoms with Gasteiger partial charge in [0, 0.05) is 26.3 Å². The van der Waals surface area contributed by atoms with Crippen molar-refractivity contribution in [2.45, 2.75) is 27.2 Å². The average molecular weight is 235 g/mol. The van der Waals surface area contributed by atoms with Crippen LogP contribution in [-0.2, 0) is 30.0 Å². The zero-order valence-electron chi connectivity index (χ0n) is 6.42. The van der Waals surface area contributed by atoms with E-state index in [9.17, 15) is 9.59 Å². The van der Waals surface area contributed by atoms with Crippen molar-refractivity contribution in [1.29, 1.82) is 0 Å². The Balaban J connectivity index is 0. The largest absolute Gasteiger partial charge is 0.300 e. The van der Waals surface area contributed by atoms with Crippen LogP contribution in [0.3, 0.4) is 0 Å². The van der Waals surface area contributed by atoms with Gasteiger partial charge in [0.15, 0.2) is 0 Å². The van der Waals surface area contributed by atoms with Gasteiger partial charge in [-0.25, -0.2) is 0 Å². The third-order valence-corrected chi connectivity index (χ3v) is 1.07. The number of ketones is 2. The van der Waals surface area contributed by atoms with Gasteiger partial charge in [-0.3, -0.25) is 9.59 Å². The van der Waals surface area contributed by atoms with Crippen molar-refractivity contribution in [2.75, 3.05) is 0 Å². The topological polar surface area (TPSA) is 34.1 Å². The van der Waals surface area contributed by atoms with E-state index in [4.69, 9.17) is 0 Å². The molecule has 0 aliphatic rings. The second kappa shape index (κ2) is 5.76. The van der Waals surface area contributed by atoms with Crippen molar-refractivity contribution in [2.24, 2.45) is 5.92 Å². The van der Waals surface area contributed by atoms with Gasteiger partial charge >= 0.3 is 0 Å². The summed E-state index contributed by atoms with van der Waals surface area (Å²) in [6, 6.07) is 0. The molecule has 3 heteroatoms. The average Bonchev–Trinajstić information content (AvgIpc) is 1.63. The van der Waals surface area contributed by atoms with Crippen LogP contribution in [0.1, 0.15) is 27.2 Å². The Bertz CT molecular complexity index is 130. The van der Waals surface area contributed by atoms with Crippen LogP contribution in [0.25, 0.3) is 0 Å². The molecule has 0 aromatic carbocycles. The van der Waals surface area contributed by atoms with Crippen molar-refractivity contribution >= 4 is 11.6 Å². The Morgan fingerprint density at radius 3 is 1.80 bits per heavy atom. The number of rotatable bonds is 3. The van der Waals surface area contributed by atoms with Crippen molar-refractivity contribution in [3.63, 3.8) is 0 Å². The normalized spacial score (nSPS) is 8.80. The minimum Gasteiger partial charge on any atom is -0.300 e. The molecule has 0 saturated heterocycles. The molecule has 62 valence electrons. The number of hydrogen-bond acceptors (Lipinski definition) is 2. The molecule has 0 aliphatic carbocycles. The van der Waals surface area contributed by atoms with E-state index in [1.807, 2.05) is 0 Å². The maximum absolute atomic E-state index is 10.7. The van der Waals surface area contributed by atoms with Gasteiger partial charge in [-0.15, -0.1) is 0 Å². The van der Waals surface area contributed by atoms with Crippen molar-refractivity contribution in [3.8, 4) is 0 Å². The molecule has 0 aromatic heterocycles. The fourth-order valence-electron chi connectivity index (χ4n) is 0.449. The van der Waals surface area contributed by atoms with Gasteiger partial charge < -0.3 is 0 Å². The van der Waals surface area contributed by atoms with E-state index in [0.717, 1.165) is 0 Å². The molecule has 0 amide bonds. The van der Waals surface area contributed by atoms with Gasteiger partial charge in [0.25, 0.3) is 0 Å². The Hall–Kier alpha value is 0.00234. The monoisotopic (exact) mass is 234 g/mol. The predicted molar refractivity (Wildman–Crippen MR) is 35.1 cm³/mol. The number of Topliss-reactive ketones (excluding diaryl/α,β-unsaturated/α-hetero) is 2. The molecule has 0 heterocycles. The standard InChI is InChI=1S/C7H12O2.Pd/c1-5(2)7(9)4-6(3)8;/h5H,4H2,1-3H3;. The Morgan fingerprint density at radius 1 is 1.30 bits per heavy atom. The first kappa shape index (κ1) is 12.7. The molecule has 0 radical (unpaired) electrons. The second-order valence-corrected chi connectivity index (χ2v) is 2.50. The predicted octanol–water partition coefficient (Wildman–Crippen LogP) is 1.19. The zero-order chi connectivity index (χ0) is 7.44. The molecule has 0 bridgehead atoms. The van der Waals surface area contributed by atoms with Gasteiger partial charge in [0.05, 0.1) is 6.42 Å². The molecule has 0 rings (SSSR count). The number of hydrogen-bond donors (Lipinski definition) is 0. The van der Waals surface area contributed by atoms with Crippen molar-refractivity contribution < 1.29 is 30.0 Å². The van der Waals surface area contributed by atoms with Crippen LogP contribution < -0.4 is 0 Å². The van der Waals surface area contributed by atoms with E-state index in [1.54, 1.807) is 13.8 Å². The van der Waals surface area contributed by atoms with Crippen LogP contribution in [0.15, 0.2) is 0 Å². The molecule has 0 fully saturated rings. The minimum absolute atomic E-state index is 0. The van der Waals surface area contributed by atoms with Crippen LogP contribution in [0.4, 0.5) is 0 Å². The maximum Gasteiger partial charge on any atom is 0.142 e. The SMILES string of the molecule is CC(=O)CC(=O)C(C)C.[Pd]. The van der Waals surface area contributed by atoms with Crippen LogP contribution in [-0.4, -0.2) is 11.6 Å². The molecule has 0 unspecified atom stereocenters. The molecular weight excluding hydrogens is 222 g/mol. The summed E-state index contributed by atoms with van der Waals surface area (Å²) in [4.78, 5) is 21.1. The third kappa shape index (κ3) is 6.13. The summed E-state index contributed by atoms with van der Waals surface area (Å²) < 4.78 is 0. The molecule has 0 aliphatic heterocycles. The van der Waals surface area contributed by atoms with E-state index >= 15 is 0 Å². The van der Waals surface area contributed by atoms with Gasteiger partial charge in [0.1, 0.15) is 11.6 Å². The maximum atomic E-state index is 10.7. The quantitative estimate of drug-likeness (QED) is 0.543. The summed E-state index contributed by atoms with van der Waals surface area (Å²) >= 11 is 0. The van der Waals surface area contributed by atoms with E-state index in [2.05, 4.69) is 0 Å². The van der Waals surface area contributed by atoms with E-state index in [1.165, 1.54) is 6.92 Å². The first-order valence-corrected chi connectivity index (χ1v) is 3.06. The van der Waals surface area contributed by atoms with E-state index in [-0.39, 0.29) is 44.3 Å². The van der Waals surface area contributed by atoms with Gasteiger partial charge in [-0.1, -0.05) is 13.8 Å². The summed E-state index contributed by atoms with van der Waals surface area (Å²) in [5.41, 5.74) is 0. The van der Waals surface area contributed by atoms with E-state index < -0.39 is 0 Å². The fourth-order valence-corrected chi connectivity index (χ4v) is 0.449. The molecule has 2 nitrogen and oxygen atoms in total. The molecule has 10 heavy (non-hydrogen) atoms. The number of carbonyl (C=O) groups excluding carboxylic acids is 2. The van der Waals surface area contributed by atoms with Gasteiger partial charge in [-0.05, 0) is 6.92 Å². The summed E-state index contributed by atoms with van der Waals surface area (Å²) in [7, 11) is 0. The summed E-state index contributed by atoms with van der Waals surface area (Å²) in [5, 5.41) is 0. The van der Waals surface area contributed by atoms with Crippen LogP contribution in [0, 0.1) is 5.92 Å². The van der Waals surface area contributed by atoms with Gasteiger partial charge in [-0.2, -0.15) is 0 Å². The van der Waals surface area contributed by atoms with Crippen LogP contribution in [0.5, 0.6) is 0 Å². The molecule has 0 N–H and O–H groups in total. The molecule has 0 spiro atoms. The first-order valence-electron chi connectivity index (χ1n) is 3.06. The Labute approximate surface area is 75.0 Å². The van der Waals surface area contributed by atoms with Gasteiger partial charge in [0.2, 0.25) is 0 Å². The Kier molecular flexibility index (Phi) is 7.29. The minimum atomic E-state index is -0.0475. The first-order chi connectivity index (χ1) is 4.04. The second-order valence-electron chi connectivity index (χ2n) is 2.50. The zero-order valence-corrected chi connectivity index (χ0v) is 7.97. The third-order valence-electron chi connectivity index (χ3n) is 1.07.